The zero-order chi connectivity index (χ0) is 12.1. The molecule has 0 unspecified atom stereocenters. The highest BCUT2D eigenvalue weighted by Gasteiger charge is 2.16. The van der Waals surface area contributed by atoms with E-state index in [1.807, 2.05) is 6.07 Å². The van der Waals surface area contributed by atoms with Crippen molar-refractivity contribution >= 4 is 11.4 Å². The highest BCUT2D eigenvalue weighted by atomic mass is 16.5. The second-order valence-corrected chi connectivity index (χ2v) is 4.31. The fraction of sp³-hybridized carbons (Fsp3) is 0.538. The van der Waals surface area contributed by atoms with Crippen molar-refractivity contribution in [1.29, 1.82) is 0 Å². The summed E-state index contributed by atoms with van der Waals surface area (Å²) in [5.41, 5.74) is 9.24. The molecule has 0 spiro atoms. The summed E-state index contributed by atoms with van der Waals surface area (Å²) in [6, 6.07) is 6.11. The molecule has 1 aliphatic heterocycles. The number of rotatable bonds is 5. The second kappa shape index (κ2) is 5.89. The van der Waals surface area contributed by atoms with Crippen molar-refractivity contribution < 1.29 is 9.84 Å². The molecule has 0 aliphatic carbocycles. The fourth-order valence-electron chi connectivity index (χ4n) is 2.27. The highest BCUT2D eigenvalue weighted by molar-refractivity contribution is 5.61. The van der Waals surface area contributed by atoms with Gasteiger partial charge in [-0.2, -0.15) is 0 Å². The van der Waals surface area contributed by atoms with Gasteiger partial charge >= 0.3 is 0 Å². The van der Waals surface area contributed by atoms with Gasteiger partial charge in [-0.1, -0.05) is 0 Å². The van der Waals surface area contributed by atoms with Crippen LogP contribution in [0.15, 0.2) is 18.2 Å². The van der Waals surface area contributed by atoms with Gasteiger partial charge in [-0.3, -0.25) is 0 Å². The van der Waals surface area contributed by atoms with Crippen LogP contribution in [-0.4, -0.2) is 38.0 Å². The van der Waals surface area contributed by atoms with Crippen LogP contribution < -0.4 is 10.6 Å². The molecule has 1 aromatic carbocycles. The van der Waals surface area contributed by atoms with E-state index in [0.29, 0.717) is 13.2 Å². The van der Waals surface area contributed by atoms with Crippen LogP contribution in [0.4, 0.5) is 11.4 Å². The van der Waals surface area contributed by atoms with Crippen LogP contribution in [0, 0.1) is 0 Å². The van der Waals surface area contributed by atoms with Crippen molar-refractivity contribution in [1.82, 2.24) is 0 Å². The molecule has 1 aliphatic rings. The van der Waals surface area contributed by atoms with Gasteiger partial charge < -0.3 is 20.5 Å². The first-order chi connectivity index (χ1) is 8.31. The van der Waals surface area contributed by atoms with E-state index >= 15 is 0 Å². The SMILES string of the molecule is Nc1ccc2c(c1)CCCN2CCOCCO. The molecule has 0 saturated heterocycles. The Kier molecular flexibility index (Phi) is 4.23. The Hall–Kier alpha value is -1.26. The van der Waals surface area contributed by atoms with Gasteiger partial charge in [0.05, 0.1) is 19.8 Å². The fourth-order valence-corrected chi connectivity index (χ4v) is 2.27. The lowest BCUT2D eigenvalue weighted by atomic mass is 10.0. The third-order valence-corrected chi connectivity index (χ3v) is 3.06. The maximum atomic E-state index is 8.64. The molecule has 17 heavy (non-hydrogen) atoms. The van der Waals surface area contributed by atoms with Gasteiger partial charge in [-0.25, -0.2) is 0 Å². The molecule has 4 nitrogen and oxygen atoms in total. The van der Waals surface area contributed by atoms with E-state index in [0.717, 1.165) is 31.6 Å². The van der Waals surface area contributed by atoms with Crippen molar-refractivity contribution in [2.75, 3.05) is 43.5 Å². The molecule has 94 valence electrons. The first-order valence-corrected chi connectivity index (χ1v) is 6.13. The van der Waals surface area contributed by atoms with Crippen LogP contribution >= 0.6 is 0 Å². The first-order valence-electron chi connectivity index (χ1n) is 6.13. The van der Waals surface area contributed by atoms with E-state index < -0.39 is 0 Å². The number of aryl methyl sites for hydroxylation is 1. The zero-order valence-corrected chi connectivity index (χ0v) is 10.1. The van der Waals surface area contributed by atoms with Gasteiger partial charge in [-0.05, 0) is 36.6 Å². The van der Waals surface area contributed by atoms with Gasteiger partial charge in [0.25, 0.3) is 0 Å². The Balaban J connectivity index is 1.97. The number of hydrogen-bond donors (Lipinski definition) is 2. The highest BCUT2D eigenvalue weighted by Crippen LogP contribution is 2.28. The van der Waals surface area contributed by atoms with Crippen LogP contribution in [0.5, 0.6) is 0 Å². The molecule has 1 aromatic rings. The number of aliphatic hydroxyl groups is 1. The van der Waals surface area contributed by atoms with Gasteiger partial charge in [0.15, 0.2) is 0 Å². The van der Waals surface area contributed by atoms with Gasteiger partial charge in [0, 0.05) is 24.5 Å². The molecular weight excluding hydrogens is 216 g/mol. The van der Waals surface area contributed by atoms with Gasteiger partial charge in [0.2, 0.25) is 0 Å². The molecule has 4 heteroatoms. The Labute approximate surface area is 102 Å². The normalized spacial score (nSPS) is 14.8. The molecular formula is C13H20N2O2. The summed E-state index contributed by atoms with van der Waals surface area (Å²) < 4.78 is 5.31. The Bertz CT molecular complexity index is 368. The smallest absolute Gasteiger partial charge is 0.0698 e. The van der Waals surface area contributed by atoms with Crippen molar-refractivity contribution in [3.8, 4) is 0 Å². The van der Waals surface area contributed by atoms with Crippen molar-refractivity contribution in [2.45, 2.75) is 12.8 Å². The number of fused-ring (bicyclic) bond motifs is 1. The number of anilines is 2. The third-order valence-electron chi connectivity index (χ3n) is 3.06. The minimum atomic E-state index is 0.0904. The molecule has 1 heterocycles. The molecule has 0 atom stereocenters. The summed E-state index contributed by atoms with van der Waals surface area (Å²) >= 11 is 0. The number of nitrogens with two attached hydrogens (primary N) is 1. The summed E-state index contributed by atoms with van der Waals surface area (Å²) in [6.07, 6.45) is 2.27. The van der Waals surface area contributed by atoms with Crippen LogP contribution in [0.3, 0.4) is 0 Å². The number of nitrogen functional groups attached to an aromatic ring is 1. The predicted molar refractivity (Wildman–Crippen MR) is 69.3 cm³/mol. The average Bonchev–Trinajstić information content (AvgIpc) is 2.34. The topological polar surface area (TPSA) is 58.7 Å². The standard InChI is InChI=1S/C13H20N2O2/c14-12-3-4-13-11(10-12)2-1-5-15(13)6-8-17-9-7-16/h3-4,10,16H,1-2,5-9,14H2. The Morgan fingerprint density at radius 3 is 3.06 bits per heavy atom. The molecule has 0 fully saturated rings. The number of ether oxygens (including phenoxy) is 1. The molecule has 0 amide bonds. The van der Waals surface area contributed by atoms with Crippen LogP contribution in [0.2, 0.25) is 0 Å². The van der Waals surface area contributed by atoms with Crippen LogP contribution in [0.1, 0.15) is 12.0 Å². The third kappa shape index (κ3) is 3.11. The lowest BCUT2D eigenvalue weighted by Gasteiger charge is -2.31. The van der Waals surface area contributed by atoms with E-state index in [1.54, 1.807) is 0 Å². The van der Waals surface area contributed by atoms with E-state index in [9.17, 15) is 0 Å². The zero-order valence-electron chi connectivity index (χ0n) is 10.1. The largest absolute Gasteiger partial charge is 0.399 e. The van der Waals surface area contributed by atoms with Gasteiger partial charge in [-0.15, -0.1) is 0 Å². The molecule has 0 radical (unpaired) electrons. The van der Waals surface area contributed by atoms with E-state index in [4.69, 9.17) is 15.6 Å². The molecule has 0 aromatic heterocycles. The summed E-state index contributed by atoms with van der Waals surface area (Å²) in [7, 11) is 0. The average molecular weight is 236 g/mol. The van der Waals surface area contributed by atoms with E-state index in [2.05, 4.69) is 17.0 Å². The van der Waals surface area contributed by atoms with Crippen molar-refractivity contribution in [3.05, 3.63) is 23.8 Å². The summed E-state index contributed by atoms with van der Waals surface area (Å²) in [6.45, 7) is 3.11. The molecule has 0 saturated carbocycles. The molecule has 3 N–H and O–H groups in total. The van der Waals surface area contributed by atoms with Crippen LogP contribution in [-0.2, 0) is 11.2 Å². The summed E-state index contributed by atoms with van der Waals surface area (Å²) in [5.74, 6) is 0. The number of nitrogens with zero attached hydrogens (tertiary/aromatic N) is 1. The second-order valence-electron chi connectivity index (χ2n) is 4.31. The van der Waals surface area contributed by atoms with E-state index in [1.165, 1.54) is 11.3 Å². The lowest BCUT2D eigenvalue weighted by molar-refractivity contribution is 0.0965. The monoisotopic (exact) mass is 236 g/mol. The van der Waals surface area contributed by atoms with Crippen LogP contribution in [0.25, 0.3) is 0 Å². The van der Waals surface area contributed by atoms with Crippen molar-refractivity contribution in [2.24, 2.45) is 0 Å². The lowest BCUT2D eigenvalue weighted by Crippen LogP contribution is -2.32. The van der Waals surface area contributed by atoms with Crippen molar-refractivity contribution in [3.63, 3.8) is 0 Å². The van der Waals surface area contributed by atoms with E-state index in [-0.39, 0.29) is 6.61 Å². The maximum Gasteiger partial charge on any atom is 0.0698 e. The molecule has 0 bridgehead atoms. The minimum absolute atomic E-state index is 0.0904. The Morgan fingerprint density at radius 1 is 1.35 bits per heavy atom. The summed E-state index contributed by atoms with van der Waals surface area (Å²) in [4.78, 5) is 2.33. The first kappa shape index (κ1) is 12.2. The molecule has 2 rings (SSSR count). The van der Waals surface area contributed by atoms with Gasteiger partial charge in [0.1, 0.15) is 0 Å². The number of hydrogen-bond acceptors (Lipinski definition) is 4. The number of aliphatic hydroxyl groups excluding tert-OH is 1. The maximum absolute atomic E-state index is 8.64. The minimum Gasteiger partial charge on any atom is -0.399 e. The Morgan fingerprint density at radius 2 is 2.24 bits per heavy atom. The number of benzene rings is 1. The summed E-state index contributed by atoms with van der Waals surface area (Å²) in [5, 5.41) is 8.64. The quantitative estimate of drug-likeness (QED) is 0.592. The predicted octanol–water partition coefficient (Wildman–Crippen LogP) is 1.03.